The van der Waals surface area contributed by atoms with Crippen molar-refractivity contribution in [3.05, 3.63) is 27.2 Å². The van der Waals surface area contributed by atoms with E-state index >= 15 is 0 Å². The van der Waals surface area contributed by atoms with Crippen LogP contribution in [0.15, 0.2) is 21.5 Å². The van der Waals surface area contributed by atoms with E-state index in [4.69, 9.17) is 26.2 Å². The number of halogens is 2. The quantitative estimate of drug-likeness (QED) is 0.800. The van der Waals surface area contributed by atoms with E-state index in [9.17, 15) is 13.2 Å². The topological polar surface area (TPSA) is 95.7 Å². The van der Waals surface area contributed by atoms with Gasteiger partial charge in [0, 0.05) is 10.9 Å². The predicted octanol–water partition coefficient (Wildman–Crippen LogP) is 1.70. The number of primary sulfonamides is 1. The summed E-state index contributed by atoms with van der Waals surface area (Å²) in [6, 6.07) is 2.61. The highest BCUT2D eigenvalue weighted by atomic mass is 79.9. The van der Waals surface area contributed by atoms with Crippen LogP contribution in [0.1, 0.15) is 16.8 Å². The number of benzene rings is 1. The molecule has 1 aromatic rings. The molecule has 1 heterocycles. The predicted molar refractivity (Wildman–Crippen MR) is 75.2 cm³/mol. The number of carbonyl (C=O) groups is 1. The van der Waals surface area contributed by atoms with Gasteiger partial charge in [-0.05, 0) is 12.1 Å². The largest absolute Gasteiger partial charge is 0.456 e. The summed E-state index contributed by atoms with van der Waals surface area (Å²) in [5.41, 5.74) is -0.0584. The van der Waals surface area contributed by atoms with Crippen LogP contribution in [0.3, 0.4) is 0 Å². The summed E-state index contributed by atoms with van der Waals surface area (Å²) in [5.74, 6) is -0.711. The molecule has 9 heteroatoms. The van der Waals surface area contributed by atoms with Crippen LogP contribution in [0.4, 0.5) is 0 Å². The Morgan fingerprint density at radius 1 is 1.50 bits per heavy atom. The molecule has 0 saturated carbocycles. The van der Waals surface area contributed by atoms with Crippen LogP contribution in [0.2, 0.25) is 5.02 Å². The standard InChI is InChI=1S/C11H11BrClNO5S/c12-6-3-8(10(13)9(4-6)20(14,16)17)11(15)19-7-1-2-18-5-7/h3-4,7H,1-2,5H2,(H2,14,16,17). The van der Waals surface area contributed by atoms with Gasteiger partial charge in [-0.3, -0.25) is 0 Å². The van der Waals surface area contributed by atoms with Gasteiger partial charge >= 0.3 is 5.97 Å². The Hall–Kier alpha value is -0.670. The average molecular weight is 385 g/mol. The zero-order valence-electron chi connectivity index (χ0n) is 10.1. The van der Waals surface area contributed by atoms with Gasteiger partial charge in [-0.1, -0.05) is 27.5 Å². The molecule has 1 aliphatic heterocycles. The number of sulfonamides is 1. The fourth-order valence-corrected chi connectivity index (χ4v) is 3.51. The highest BCUT2D eigenvalue weighted by molar-refractivity contribution is 9.10. The van der Waals surface area contributed by atoms with E-state index in [1.54, 1.807) is 0 Å². The zero-order valence-corrected chi connectivity index (χ0v) is 13.3. The second kappa shape index (κ2) is 5.98. The molecule has 0 bridgehead atoms. The summed E-state index contributed by atoms with van der Waals surface area (Å²) in [4.78, 5) is 11.7. The SMILES string of the molecule is NS(=O)(=O)c1cc(Br)cc(C(=O)OC2CCOC2)c1Cl. The van der Waals surface area contributed by atoms with E-state index in [2.05, 4.69) is 15.9 Å². The summed E-state index contributed by atoms with van der Waals surface area (Å²) < 4.78 is 33.5. The lowest BCUT2D eigenvalue weighted by atomic mass is 10.2. The Balaban J connectivity index is 2.36. The number of esters is 1. The van der Waals surface area contributed by atoms with Crippen LogP contribution in [-0.2, 0) is 19.5 Å². The molecule has 0 spiro atoms. The van der Waals surface area contributed by atoms with Crippen molar-refractivity contribution in [2.45, 2.75) is 17.4 Å². The minimum absolute atomic E-state index is 0.0584. The monoisotopic (exact) mass is 383 g/mol. The lowest BCUT2D eigenvalue weighted by molar-refractivity contribution is 0.0270. The first-order chi connectivity index (χ1) is 9.29. The normalized spacial score (nSPS) is 19.1. The molecule has 110 valence electrons. The van der Waals surface area contributed by atoms with Crippen LogP contribution >= 0.6 is 27.5 Å². The molecule has 0 aliphatic carbocycles. The fraction of sp³-hybridized carbons (Fsp3) is 0.364. The Morgan fingerprint density at radius 2 is 2.20 bits per heavy atom. The van der Waals surface area contributed by atoms with Crippen LogP contribution in [0, 0.1) is 0 Å². The van der Waals surface area contributed by atoms with E-state index in [1.807, 2.05) is 0 Å². The first-order valence-electron chi connectivity index (χ1n) is 5.59. The van der Waals surface area contributed by atoms with E-state index in [0.29, 0.717) is 24.1 Å². The molecule has 1 fully saturated rings. The highest BCUT2D eigenvalue weighted by Crippen LogP contribution is 2.30. The van der Waals surface area contributed by atoms with Crippen molar-refractivity contribution in [2.24, 2.45) is 5.14 Å². The van der Waals surface area contributed by atoms with Gasteiger partial charge in [0.25, 0.3) is 0 Å². The molecule has 0 radical (unpaired) electrons. The van der Waals surface area contributed by atoms with E-state index in [0.717, 1.165) is 0 Å². The molecule has 2 rings (SSSR count). The Bertz CT molecular complexity index is 642. The second-order valence-corrected chi connectivity index (χ2v) is 7.02. The van der Waals surface area contributed by atoms with Gasteiger partial charge < -0.3 is 9.47 Å². The molecule has 1 aliphatic rings. The minimum Gasteiger partial charge on any atom is -0.456 e. The molecule has 1 unspecified atom stereocenters. The maximum atomic E-state index is 12.0. The molecule has 20 heavy (non-hydrogen) atoms. The van der Waals surface area contributed by atoms with Gasteiger partial charge in [0.15, 0.2) is 0 Å². The zero-order chi connectivity index (χ0) is 14.9. The van der Waals surface area contributed by atoms with Crippen LogP contribution in [-0.4, -0.2) is 33.7 Å². The first-order valence-corrected chi connectivity index (χ1v) is 8.31. The molecular formula is C11H11BrClNO5S. The van der Waals surface area contributed by atoms with E-state index in [-0.39, 0.29) is 21.6 Å². The number of ether oxygens (including phenoxy) is 2. The van der Waals surface area contributed by atoms with E-state index in [1.165, 1.54) is 12.1 Å². The number of carbonyl (C=O) groups excluding carboxylic acids is 1. The lowest BCUT2D eigenvalue weighted by Crippen LogP contribution is -2.20. The number of nitrogens with two attached hydrogens (primary N) is 1. The molecule has 2 N–H and O–H groups in total. The fourth-order valence-electron chi connectivity index (χ4n) is 1.74. The summed E-state index contributed by atoms with van der Waals surface area (Å²) in [6.07, 6.45) is 0.245. The van der Waals surface area contributed by atoms with Gasteiger partial charge in [0.1, 0.15) is 11.0 Å². The van der Waals surface area contributed by atoms with Crippen molar-refractivity contribution < 1.29 is 22.7 Å². The molecule has 1 aromatic carbocycles. The van der Waals surface area contributed by atoms with Crippen molar-refractivity contribution in [1.29, 1.82) is 0 Å². The third-order valence-electron chi connectivity index (χ3n) is 2.69. The maximum Gasteiger partial charge on any atom is 0.340 e. The first kappa shape index (κ1) is 15.7. The van der Waals surface area contributed by atoms with Crippen LogP contribution in [0.25, 0.3) is 0 Å². The second-order valence-electron chi connectivity index (χ2n) is 4.20. The summed E-state index contributed by atoms with van der Waals surface area (Å²) in [6.45, 7) is 0.839. The van der Waals surface area contributed by atoms with Crippen molar-refractivity contribution in [3.8, 4) is 0 Å². The Morgan fingerprint density at radius 3 is 2.75 bits per heavy atom. The highest BCUT2D eigenvalue weighted by Gasteiger charge is 2.25. The lowest BCUT2D eigenvalue weighted by Gasteiger charge is -2.12. The summed E-state index contributed by atoms with van der Waals surface area (Å²) in [7, 11) is -4.03. The van der Waals surface area contributed by atoms with Crippen molar-refractivity contribution >= 4 is 43.5 Å². The van der Waals surface area contributed by atoms with Crippen LogP contribution < -0.4 is 5.14 Å². The van der Waals surface area contributed by atoms with Crippen molar-refractivity contribution in [3.63, 3.8) is 0 Å². The summed E-state index contributed by atoms with van der Waals surface area (Å²) in [5, 5.41) is 4.80. The smallest absolute Gasteiger partial charge is 0.340 e. The van der Waals surface area contributed by atoms with Gasteiger partial charge in [-0.15, -0.1) is 0 Å². The molecule has 0 amide bonds. The third kappa shape index (κ3) is 3.50. The third-order valence-corrected chi connectivity index (χ3v) is 4.60. The average Bonchev–Trinajstić information content (AvgIpc) is 2.83. The molecule has 1 saturated heterocycles. The Labute approximate surface area is 129 Å². The molecule has 1 atom stereocenters. The molecule has 6 nitrogen and oxygen atoms in total. The van der Waals surface area contributed by atoms with Gasteiger partial charge in [0.2, 0.25) is 10.0 Å². The van der Waals surface area contributed by atoms with Gasteiger partial charge in [0.05, 0.1) is 23.8 Å². The summed E-state index contributed by atoms with van der Waals surface area (Å²) >= 11 is 9.04. The van der Waals surface area contributed by atoms with E-state index < -0.39 is 16.0 Å². The van der Waals surface area contributed by atoms with Gasteiger partial charge in [-0.25, -0.2) is 18.4 Å². The minimum atomic E-state index is -4.03. The molecular weight excluding hydrogens is 374 g/mol. The molecule has 0 aromatic heterocycles. The van der Waals surface area contributed by atoms with Gasteiger partial charge in [-0.2, -0.15) is 0 Å². The number of hydrogen-bond donors (Lipinski definition) is 1. The number of hydrogen-bond acceptors (Lipinski definition) is 5. The van der Waals surface area contributed by atoms with Crippen LogP contribution in [0.5, 0.6) is 0 Å². The Kier molecular flexibility index (Phi) is 4.70. The maximum absolute atomic E-state index is 12.0. The number of rotatable bonds is 3. The van der Waals surface area contributed by atoms with Crippen molar-refractivity contribution in [1.82, 2.24) is 0 Å². The van der Waals surface area contributed by atoms with Crippen molar-refractivity contribution in [2.75, 3.05) is 13.2 Å².